The summed E-state index contributed by atoms with van der Waals surface area (Å²) in [5.74, 6) is 1.87. The lowest BCUT2D eigenvalue weighted by Gasteiger charge is -2.23. The third-order valence-electron chi connectivity index (χ3n) is 3.66. The van der Waals surface area contributed by atoms with E-state index in [0.29, 0.717) is 0 Å². The van der Waals surface area contributed by atoms with E-state index < -0.39 is 0 Å². The van der Waals surface area contributed by atoms with E-state index in [4.69, 9.17) is 0 Å². The molecule has 1 aliphatic rings. The van der Waals surface area contributed by atoms with E-state index in [1.54, 1.807) is 0 Å². The Morgan fingerprint density at radius 2 is 1.94 bits per heavy atom. The summed E-state index contributed by atoms with van der Waals surface area (Å²) in [4.78, 5) is 4.50. The summed E-state index contributed by atoms with van der Waals surface area (Å²) in [5.41, 5.74) is 1.21. The molecule has 0 atom stereocenters. The molecule has 2 heterocycles. The van der Waals surface area contributed by atoms with Crippen LogP contribution in [0.1, 0.15) is 12.8 Å². The van der Waals surface area contributed by atoms with Crippen LogP contribution >= 0.6 is 0 Å². The fourth-order valence-corrected chi connectivity index (χ4v) is 2.65. The van der Waals surface area contributed by atoms with Crippen molar-refractivity contribution in [2.24, 2.45) is 5.92 Å². The van der Waals surface area contributed by atoms with Crippen LogP contribution in [0.3, 0.4) is 0 Å². The van der Waals surface area contributed by atoms with E-state index in [0.717, 1.165) is 31.4 Å². The molecule has 0 aliphatic carbocycles. The normalized spacial score (nSPS) is 16.9. The van der Waals surface area contributed by atoms with Crippen LogP contribution in [0, 0.1) is 5.92 Å². The smallest absolute Gasteiger partial charge is 0.139 e. The van der Waals surface area contributed by atoms with Crippen LogP contribution < -0.4 is 5.32 Å². The number of aromatic nitrogens is 2. The molecule has 94 valence electrons. The van der Waals surface area contributed by atoms with Gasteiger partial charge in [0.1, 0.15) is 5.82 Å². The van der Waals surface area contributed by atoms with Gasteiger partial charge < -0.3 is 9.88 Å². The molecular formula is C15H19N3. The van der Waals surface area contributed by atoms with Gasteiger partial charge in [-0.25, -0.2) is 4.98 Å². The van der Waals surface area contributed by atoms with Crippen LogP contribution in [0.5, 0.6) is 0 Å². The van der Waals surface area contributed by atoms with Crippen LogP contribution in [0.4, 0.5) is 0 Å². The summed E-state index contributed by atoms with van der Waals surface area (Å²) < 4.78 is 2.30. The minimum Gasteiger partial charge on any atom is -0.331 e. The Kier molecular flexibility index (Phi) is 3.42. The lowest BCUT2D eigenvalue weighted by Crippen LogP contribution is -2.29. The molecule has 0 bridgehead atoms. The molecular weight excluding hydrogens is 222 g/mol. The van der Waals surface area contributed by atoms with E-state index in [1.165, 1.54) is 18.4 Å². The van der Waals surface area contributed by atoms with E-state index in [1.807, 2.05) is 12.3 Å². The van der Waals surface area contributed by atoms with Crippen LogP contribution in [0.15, 0.2) is 42.7 Å². The highest BCUT2D eigenvalue weighted by Crippen LogP contribution is 2.21. The van der Waals surface area contributed by atoms with Crippen molar-refractivity contribution in [3.8, 4) is 11.4 Å². The Hall–Kier alpha value is -1.61. The predicted molar refractivity (Wildman–Crippen MR) is 73.3 cm³/mol. The van der Waals surface area contributed by atoms with E-state index in [-0.39, 0.29) is 0 Å². The summed E-state index contributed by atoms with van der Waals surface area (Å²) >= 11 is 0. The van der Waals surface area contributed by atoms with Crippen molar-refractivity contribution in [1.82, 2.24) is 14.9 Å². The van der Waals surface area contributed by atoms with Crippen molar-refractivity contribution in [2.75, 3.05) is 13.1 Å². The first kappa shape index (κ1) is 11.5. The first-order chi connectivity index (χ1) is 8.93. The molecule has 18 heavy (non-hydrogen) atoms. The number of nitrogens with zero attached hydrogens (tertiary/aromatic N) is 2. The van der Waals surface area contributed by atoms with Gasteiger partial charge in [-0.1, -0.05) is 30.3 Å². The second-order valence-corrected chi connectivity index (χ2v) is 4.96. The Balaban J connectivity index is 1.79. The summed E-state index contributed by atoms with van der Waals surface area (Å²) in [7, 11) is 0. The van der Waals surface area contributed by atoms with E-state index in [2.05, 4.69) is 45.3 Å². The molecule has 0 saturated carbocycles. The summed E-state index contributed by atoms with van der Waals surface area (Å²) in [6.45, 7) is 3.39. The third kappa shape index (κ3) is 2.46. The van der Waals surface area contributed by atoms with Gasteiger partial charge >= 0.3 is 0 Å². The fourth-order valence-electron chi connectivity index (χ4n) is 2.65. The number of imidazole rings is 1. The maximum Gasteiger partial charge on any atom is 0.139 e. The zero-order chi connectivity index (χ0) is 12.2. The molecule has 0 radical (unpaired) electrons. The minimum absolute atomic E-state index is 0.780. The molecule has 1 aromatic carbocycles. The number of nitrogens with one attached hydrogen (secondary N) is 1. The number of piperidine rings is 1. The van der Waals surface area contributed by atoms with Crippen molar-refractivity contribution in [2.45, 2.75) is 19.4 Å². The maximum atomic E-state index is 4.50. The van der Waals surface area contributed by atoms with Gasteiger partial charge in [-0.15, -0.1) is 0 Å². The SMILES string of the molecule is c1ccc(-c2nccn2CC2CCNCC2)cc1. The molecule has 1 N–H and O–H groups in total. The molecule has 0 spiro atoms. The summed E-state index contributed by atoms with van der Waals surface area (Å²) in [6.07, 6.45) is 6.55. The lowest BCUT2D eigenvalue weighted by atomic mass is 9.98. The van der Waals surface area contributed by atoms with Crippen LogP contribution in [-0.4, -0.2) is 22.6 Å². The van der Waals surface area contributed by atoms with Gasteiger partial charge in [0.25, 0.3) is 0 Å². The Morgan fingerprint density at radius 3 is 2.72 bits per heavy atom. The standard InChI is InChI=1S/C15H19N3/c1-2-4-14(5-3-1)15-17-10-11-18(15)12-13-6-8-16-9-7-13/h1-5,10-11,13,16H,6-9,12H2. The lowest BCUT2D eigenvalue weighted by molar-refractivity contribution is 0.334. The van der Waals surface area contributed by atoms with Gasteiger partial charge in [0, 0.05) is 24.5 Å². The molecule has 0 unspecified atom stereocenters. The highest BCUT2D eigenvalue weighted by Gasteiger charge is 2.15. The molecule has 3 heteroatoms. The molecule has 1 aliphatic heterocycles. The second-order valence-electron chi connectivity index (χ2n) is 4.96. The minimum atomic E-state index is 0.780. The quantitative estimate of drug-likeness (QED) is 0.895. The monoisotopic (exact) mass is 241 g/mol. The Bertz CT molecular complexity index is 483. The average Bonchev–Trinajstić information content (AvgIpc) is 2.89. The van der Waals surface area contributed by atoms with Crippen molar-refractivity contribution in [1.29, 1.82) is 0 Å². The largest absolute Gasteiger partial charge is 0.331 e. The van der Waals surface area contributed by atoms with Crippen molar-refractivity contribution in [3.63, 3.8) is 0 Å². The molecule has 2 aromatic rings. The van der Waals surface area contributed by atoms with Crippen LogP contribution in [0.2, 0.25) is 0 Å². The third-order valence-corrected chi connectivity index (χ3v) is 3.66. The van der Waals surface area contributed by atoms with Gasteiger partial charge in [-0.2, -0.15) is 0 Å². The van der Waals surface area contributed by atoms with Crippen molar-refractivity contribution in [3.05, 3.63) is 42.7 Å². The molecule has 3 rings (SSSR count). The number of rotatable bonds is 3. The molecule has 1 aromatic heterocycles. The molecule has 0 amide bonds. The first-order valence-electron chi connectivity index (χ1n) is 6.71. The van der Waals surface area contributed by atoms with Gasteiger partial charge in [0.05, 0.1) is 0 Å². The van der Waals surface area contributed by atoms with Gasteiger partial charge in [-0.3, -0.25) is 0 Å². The highest BCUT2D eigenvalue weighted by atomic mass is 15.1. The predicted octanol–water partition coefficient (Wildman–Crippen LogP) is 2.55. The van der Waals surface area contributed by atoms with E-state index >= 15 is 0 Å². The summed E-state index contributed by atoms with van der Waals surface area (Å²) in [5, 5.41) is 3.42. The molecule has 1 saturated heterocycles. The number of hydrogen-bond donors (Lipinski definition) is 1. The van der Waals surface area contributed by atoms with E-state index in [9.17, 15) is 0 Å². The van der Waals surface area contributed by atoms with Crippen LogP contribution in [-0.2, 0) is 6.54 Å². The van der Waals surface area contributed by atoms with Gasteiger partial charge in [0.15, 0.2) is 0 Å². The molecule has 3 nitrogen and oxygen atoms in total. The van der Waals surface area contributed by atoms with Gasteiger partial charge in [0.2, 0.25) is 0 Å². The maximum absolute atomic E-state index is 4.50. The first-order valence-corrected chi connectivity index (χ1v) is 6.71. The Morgan fingerprint density at radius 1 is 1.17 bits per heavy atom. The van der Waals surface area contributed by atoms with Crippen molar-refractivity contribution < 1.29 is 0 Å². The van der Waals surface area contributed by atoms with Gasteiger partial charge in [-0.05, 0) is 31.8 Å². The fraction of sp³-hybridized carbons (Fsp3) is 0.400. The molecule has 1 fully saturated rings. The number of hydrogen-bond acceptors (Lipinski definition) is 2. The van der Waals surface area contributed by atoms with Crippen molar-refractivity contribution >= 4 is 0 Å². The highest BCUT2D eigenvalue weighted by molar-refractivity contribution is 5.55. The summed E-state index contributed by atoms with van der Waals surface area (Å²) in [6, 6.07) is 10.4. The van der Waals surface area contributed by atoms with Crippen LogP contribution in [0.25, 0.3) is 11.4 Å². The zero-order valence-corrected chi connectivity index (χ0v) is 10.5. The average molecular weight is 241 g/mol. The zero-order valence-electron chi connectivity index (χ0n) is 10.5. The second kappa shape index (κ2) is 5.36. The number of benzene rings is 1. The topological polar surface area (TPSA) is 29.9 Å². The Labute approximate surface area is 108 Å².